The van der Waals surface area contributed by atoms with E-state index in [0.29, 0.717) is 29.6 Å². The van der Waals surface area contributed by atoms with Crippen LogP contribution in [0.1, 0.15) is 20.8 Å². The Labute approximate surface area is 137 Å². The molecule has 2 amide bonds. The number of rotatable bonds is 7. The number of thiazole rings is 1. The number of anilines is 1. The number of nitrogens with zero attached hydrogens (tertiary/aromatic N) is 1. The van der Waals surface area contributed by atoms with E-state index in [4.69, 9.17) is 9.47 Å². The molecule has 0 saturated heterocycles. The van der Waals surface area contributed by atoms with Gasteiger partial charge in [0, 0.05) is 24.6 Å². The molecule has 0 aliphatic heterocycles. The molecule has 1 aromatic heterocycles. The Kier molecular flexibility index (Phi) is 6.07. The lowest BCUT2D eigenvalue weighted by Crippen LogP contribution is -2.27. The first-order valence-corrected chi connectivity index (χ1v) is 7.70. The van der Waals surface area contributed by atoms with Crippen LogP contribution >= 0.6 is 11.3 Å². The molecule has 1 aromatic carbocycles. The summed E-state index contributed by atoms with van der Waals surface area (Å²) in [5.41, 5.74) is 0.739. The molecular weight excluding hydrogens is 318 g/mol. The summed E-state index contributed by atoms with van der Waals surface area (Å²) in [5.74, 6) is 0.0717. The van der Waals surface area contributed by atoms with Crippen molar-refractivity contribution in [3.05, 3.63) is 40.9 Å². The quantitative estimate of drug-likeness (QED) is 0.753. The number of nitrogens with one attached hydrogen (secondary N) is 2. The van der Waals surface area contributed by atoms with Crippen LogP contribution in [0.2, 0.25) is 0 Å². The molecule has 0 radical (unpaired) electrons. The topological polar surface area (TPSA) is 89.6 Å². The van der Waals surface area contributed by atoms with Gasteiger partial charge in [0.2, 0.25) is 0 Å². The van der Waals surface area contributed by atoms with E-state index >= 15 is 0 Å². The standard InChI is InChI=1S/C15H17N3O4S/c1-21-8-7-16-14(20)12-9-23-15(17-12)18-13(19)10-3-5-11(22-2)6-4-10/h3-6,9H,7-8H2,1-2H3,(H,16,20)(H,17,18,19). The van der Waals surface area contributed by atoms with Gasteiger partial charge in [-0.15, -0.1) is 11.3 Å². The molecule has 8 heteroatoms. The van der Waals surface area contributed by atoms with E-state index in [1.807, 2.05) is 0 Å². The smallest absolute Gasteiger partial charge is 0.270 e. The number of amides is 2. The maximum absolute atomic E-state index is 12.1. The van der Waals surface area contributed by atoms with Crippen molar-refractivity contribution in [3.8, 4) is 5.75 Å². The lowest BCUT2D eigenvalue weighted by atomic mass is 10.2. The second-order valence-electron chi connectivity index (χ2n) is 4.47. The molecule has 0 unspecified atom stereocenters. The van der Waals surface area contributed by atoms with Crippen LogP contribution < -0.4 is 15.4 Å². The Hall–Kier alpha value is -2.45. The van der Waals surface area contributed by atoms with Crippen LogP contribution in [-0.2, 0) is 4.74 Å². The Morgan fingerprint density at radius 2 is 1.91 bits per heavy atom. The number of methoxy groups -OCH3 is 2. The second kappa shape index (κ2) is 8.25. The minimum Gasteiger partial charge on any atom is -0.497 e. The number of hydrogen-bond donors (Lipinski definition) is 2. The van der Waals surface area contributed by atoms with Gasteiger partial charge in [-0.1, -0.05) is 0 Å². The van der Waals surface area contributed by atoms with E-state index in [1.165, 1.54) is 11.3 Å². The molecule has 0 atom stereocenters. The van der Waals surface area contributed by atoms with Gasteiger partial charge in [0.15, 0.2) is 5.13 Å². The average Bonchev–Trinajstić information content (AvgIpc) is 3.03. The molecule has 0 spiro atoms. The lowest BCUT2D eigenvalue weighted by Gasteiger charge is -2.03. The zero-order valence-corrected chi connectivity index (χ0v) is 13.6. The molecule has 1 heterocycles. The Morgan fingerprint density at radius 1 is 1.17 bits per heavy atom. The maximum atomic E-state index is 12.1. The van der Waals surface area contributed by atoms with Crippen molar-refractivity contribution in [1.29, 1.82) is 0 Å². The van der Waals surface area contributed by atoms with E-state index in [2.05, 4.69) is 15.6 Å². The van der Waals surface area contributed by atoms with Crippen LogP contribution in [0.5, 0.6) is 5.75 Å². The van der Waals surface area contributed by atoms with Crippen molar-refractivity contribution in [1.82, 2.24) is 10.3 Å². The van der Waals surface area contributed by atoms with Crippen molar-refractivity contribution < 1.29 is 19.1 Å². The van der Waals surface area contributed by atoms with Gasteiger partial charge in [0.05, 0.1) is 13.7 Å². The third kappa shape index (κ3) is 4.76. The van der Waals surface area contributed by atoms with E-state index in [0.717, 1.165) is 0 Å². The normalized spacial score (nSPS) is 10.2. The highest BCUT2D eigenvalue weighted by Crippen LogP contribution is 2.17. The first-order valence-electron chi connectivity index (χ1n) is 6.82. The molecule has 0 bridgehead atoms. The predicted molar refractivity (Wildman–Crippen MR) is 87.3 cm³/mol. The van der Waals surface area contributed by atoms with Crippen molar-refractivity contribution in [3.63, 3.8) is 0 Å². The van der Waals surface area contributed by atoms with Gasteiger partial charge >= 0.3 is 0 Å². The first kappa shape index (κ1) is 16.9. The first-order chi connectivity index (χ1) is 11.1. The molecule has 0 saturated carbocycles. The van der Waals surface area contributed by atoms with Gasteiger partial charge in [-0.2, -0.15) is 0 Å². The molecule has 23 heavy (non-hydrogen) atoms. The highest BCUT2D eigenvalue weighted by molar-refractivity contribution is 7.14. The molecule has 0 fully saturated rings. The third-order valence-corrected chi connectivity index (χ3v) is 3.66. The monoisotopic (exact) mass is 335 g/mol. The van der Waals surface area contributed by atoms with Crippen LogP contribution in [0.15, 0.2) is 29.6 Å². The number of aromatic nitrogens is 1. The number of ether oxygens (including phenoxy) is 2. The SMILES string of the molecule is COCCNC(=O)c1csc(NC(=O)c2ccc(OC)cc2)n1. The number of carbonyl (C=O) groups excluding carboxylic acids is 2. The summed E-state index contributed by atoms with van der Waals surface area (Å²) in [7, 11) is 3.12. The minimum atomic E-state index is -0.303. The van der Waals surface area contributed by atoms with Gasteiger partial charge < -0.3 is 14.8 Å². The molecule has 7 nitrogen and oxygen atoms in total. The summed E-state index contributed by atoms with van der Waals surface area (Å²) in [5, 5.41) is 7.28. The van der Waals surface area contributed by atoms with Gasteiger partial charge in [-0.3, -0.25) is 14.9 Å². The highest BCUT2D eigenvalue weighted by Gasteiger charge is 2.13. The van der Waals surface area contributed by atoms with E-state index in [9.17, 15) is 9.59 Å². The molecule has 0 aliphatic rings. The maximum Gasteiger partial charge on any atom is 0.270 e. The van der Waals surface area contributed by atoms with Crippen LogP contribution in [0.25, 0.3) is 0 Å². The average molecular weight is 335 g/mol. The number of carbonyl (C=O) groups is 2. The van der Waals surface area contributed by atoms with Gasteiger partial charge in [-0.05, 0) is 24.3 Å². The zero-order valence-electron chi connectivity index (χ0n) is 12.8. The summed E-state index contributed by atoms with van der Waals surface area (Å²) in [6, 6.07) is 6.71. The highest BCUT2D eigenvalue weighted by atomic mass is 32.1. The molecule has 2 N–H and O–H groups in total. The summed E-state index contributed by atoms with van der Waals surface area (Å²) in [6.07, 6.45) is 0. The lowest BCUT2D eigenvalue weighted by molar-refractivity contribution is 0.0931. The van der Waals surface area contributed by atoms with Crippen molar-refractivity contribution >= 4 is 28.3 Å². The van der Waals surface area contributed by atoms with E-state index in [-0.39, 0.29) is 17.5 Å². The van der Waals surface area contributed by atoms with E-state index in [1.54, 1.807) is 43.9 Å². The summed E-state index contributed by atoms with van der Waals surface area (Å²) in [6.45, 7) is 0.831. The molecule has 2 rings (SSSR count). The van der Waals surface area contributed by atoms with E-state index < -0.39 is 0 Å². The summed E-state index contributed by atoms with van der Waals surface area (Å²) in [4.78, 5) is 28.0. The van der Waals surface area contributed by atoms with Crippen molar-refractivity contribution in [2.75, 3.05) is 32.7 Å². The van der Waals surface area contributed by atoms with Crippen LogP contribution in [0, 0.1) is 0 Å². The molecule has 2 aromatic rings. The van der Waals surface area contributed by atoms with Crippen molar-refractivity contribution in [2.45, 2.75) is 0 Å². The fourth-order valence-electron chi connectivity index (χ4n) is 1.70. The third-order valence-electron chi connectivity index (χ3n) is 2.90. The van der Waals surface area contributed by atoms with Crippen molar-refractivity contribution in [2.24, 2.45) is 0 Å². The van der Waals surface area contributed by atoms with Crippen LogP contribution in [0.4, 0.5) is 5.13 Å². The Balaban J connectivity index is 1.95. The largest absolute Gasteiger partial charge is 0.497 e. The fraction of sp³-hybridized carbons (Fsp3) is 0.267. The van der Waals surface area contributed by atoms with Gasteiger partial charge in [0.1, 0.15) is 11.4 Å². The van der Waals surface area contributed by atoms with Crippen LogP contribution in [-0.4, -0.2) is 44.2 Å². The molecule has 0 aliphatic carbocycles. The van der Waals surface area contributed by atoms with Gasteiger partial charge in [-0.25, -0.2) is 4.98 Å². The number of hydrogen-bond acceptors (Lipinski definition) is 6. The number of benzene rings is 1. The van der Waals surface area contributed by atoms with Gasteiger partial charge in [0.25, 0.3) is 11.8 Å². The summed E-state index contributed by atoms with van der Waals surface area (Å²) < 4.78 is 9.89. The minimum absolute atomic E-state index is 0.260. The zero-order chi connectivity index (χ0) is 16.7. The molecule has 122 valence electrons. The second-order valence-corrected chi connectivity index (χ2v) is 5.33. The van der Waals surface area contributed by atoms with Crippen LogP contribution in [0.3, 0.4) is 0 Å². The predicted octanol–water partition coefficient (Wildman–Crippen LogP) is 1.78. The Morgan fingerprint density at radius 3 is 2.57 bits per heavy atom. The molecular formula is C15H17N3O4S. The Bertz CT molecular complexity index is 670. The summed E-state index contributed by atoms with van der Waals surface area (Å²) >= 11 is 1.19. The fourth-order valence-corrected chi connectivity index (χ4v) is 2.39.